The molecule has 0 aliphatic heterocycles. The van der Waals surface area contributed by atoms with Gasteiger partial charge >= 0.3 is 0 Å². The number of carbonyl (C=O) groups excluding carboxylic acids is 2. The maximum Gasteiger partial charge on any atom is 0.296 e. The van der Waals surface area contributed by atoms with E-state index in [1.165, 1.54) is 7.11 Å². The summed E-state index contributed by atoms with van der Waals surface area (Å²) in [5, 5.41) is 13.2. The summed E-state index contributed by atoms with van der Waals surface area (Å²) in [4.78, 5) is 28.9. The summed E-state index contributed by atoms with van der Waals surface area (Å²) in [5.41, 5.74) is 0.836. The minimum atomic E-state index is -3.66. The van der Waals surface area contributed by atoms with Crippen LogP contribution in [-0.2, 0) is 20.2 Å². The Kier molecular flexibility index (Phi) is 10.9. The number of hydrogen-bond acceptors (Lipinski definition) is 8. The van der Waals surface area contributed by atoms with E-state index in [4.69, 9.17) is 9.47 Å². The number of hydrogen-bond donors (Lipinski definition) is 3. The second-order valence-electron chi connectivity index (χ2n) is 11.1. The average Bonchev–Trinajstić information content (AvgIpc) is 2.91. The third-order valence-electron chi connectivity index (χ3n) is 6.66. The van der Waals surface area contributed by atoms with Crippen LogP contribution in [0.2, 0.25) is 0 Å². The number of benzene rings is 3. The first-order valence-corrected chi connectivity index (χ1v) is 15.7. The van der Waals surface area contributed by atoms with Gasteiger partial charge in [0, 0.05) is 24.0 Å². The quantitative estimate of drug-likeness (QED) is 0.183. The second-order valence-corrected chi connectivity index (χ2v) is 12.8. The highest BCUT2D eigenvalue weighted by Crippen LogP contribution is 2.39. The number of carbonyl (C=O) groups is 2. The molecule has 0 heterocycles. The molecular formula is C31H41N3O7S. The SMILES string of the molecule is CCCN(CCO)CCOc1ccc(C(=O)C(=O)Nc2cc(C(C)(C)C)cc(NS(C)(=O)=O)c2OC)c2ccccc12. The van der Waals surface area contributed by atoms with Gasteiger partial charge in [-0.2, -0.15) is 0 Å². The maximum atomic E-state index is 13.5. The molecule has 0 saturated heterocycles. The van der Waals surface area contributed by atoms with Crippen LogP contribution in [0.5, 0.6) is 11.5 Å². The lowest BCUT2D eigenvalue weighted by atomic mass is 9.86. The van der Waals surface area contributed by atoms with Crippen molar-refractivity contribution in [2.24, 2.45) is 0 Å². The van der Waals surface area contributed by atoms with E-state index in [1.807, 2.05) is 32.9 Å². The third-order valence-corrected chi connectivity index (χ3v) is 7.25. The Labute approximate surface area is 248 Å². The Morgan fingerprint density at radius 3 is 2.24 bits per heavy atom. The van der Waals surface area contributed by atoms with Gasteiger partial charge in [-0.05, 0) is 53.6 Å². The Balaban J connectivity index is 1.92. The summed E-state index contributed by atoms with van der Waals surface area (Å²) < 4.78 is 38.0. The molecule has 3 aromatic rings. The number of aliphatic hydroxyl groups excluding tert-OH is 1. The average molecular weight is 600 g/mol. The molecule has 3 N–H and O–H groups in total. The first kappa shape index (κ1) is 32.8. The third kappa shape index (κ3) is 8.43. The molecule has 3 rings (SSSR count). The van der Waals surface area contributed by atoms with Crippen LogP contribution in [0.1, 0.15) is 50.0 Å². The molecule has 1 amide bonds. The molecule has 10 nitrogen and oxygen atoms in total. The normalized spacial score (nSPS) is 11.9. The Morgan fingerprint density at radius 1 is 0.976 bits per heavy atom. The van der Waals surface area contributed by atoms with Crippen molar-refractivity contribution in [2.45, 2.75) is 39.5 Å². The fraction of sp³-hybridized carbons (Fsp3) is 0.419. The fourth-order valence-electron chi connectivity index (χ4n) is 4.62. The highest BCUT2D eigenvalue weighted by atomic mass is 32.2. The second kappa shape index (κ2) is 14.0. The lowest BCUT2D eigenvalue weighted by Gasteiger charge is -2.24. The number of aliphatic hydroxyl groups is 1. The van der Waals surface area contributed by atoms with Crippen LogP contribution in [0.4, 0.5) is 11.4 Å². The van der Waals surface area contributed by atoms with Crippen molar-refractivity contribution in [1.29, 1.82) is 0 Å². The van der Waals surface area contributed by atoms with Gasteiger partial charge < -0.3 is 19.9 Å². The van der Waals surface area contributed by atoms with Crippen molar-refractivity contribution in [1.82, 2.24) is 4.90 Å². The molecule has 0 fully saturated rings. The van der Waals surface area contributed by atoms with Crippen molar-refractivity contribution in [3.05, 3.63) is 59.7 Å². The topological polar surface area (TPSA) is 134 Å². The van der Waals surface area contributed by atoms with Crippen LogP contribution in [0.3, 0.4) is 0 Å². The molecule has 0 unspecified atom stereocenters. The van der Waals surface area contributed by atoms with E-state index in [1.54, 1.807) is 36.4 Å². The van der Waals surface area contributed by atoms with Gasteiger partial charge in [-0.1, -0.05) is 52.0 Å². The monoisotopic (exact) mass is 599 g/mol. The van der Waals surface area contributed by atoms with Crippen molar-refractivity contribution in [2.75, 3.05) is 56.3 Å². The Hall–Kier alpha value is -3.67. The largest absolute Gasteiger partial charge is 0.492 e. The summed E-state index contributed by atoms with van der Waals surface area (Å²) in [6.07, 6.45) is 1.98. The lowest BCUT2D eigenvalue weighted by Crippen LogP contribution is -2.31. The van der Waals surface area contributed by atoms with Gasteiger partial charge in [0.2, 0.25) is 10.0 Å². The number of amides is 1. The number of sulfonamides is 1. The summed E-state index contributed by atoms with van der Waals surface area (Å²) in [6.45, 7) is 10.4. The number of nitrogens with zero attached hydrogens (tertiary/aromatic N) is 1. The molecule has 0 aliphatic rings. The fourth-order valence-corrected chi connectivity index (χ4v) is 5.18. The zero-order valence-electron chi connectivity index (χ0n) is 25.1. The van der Waals surface area contributed by atoms with E-state index in [0.29, 0.717) is 36.2 Å². The standard InChI is InChI=1S/C31H41N3O7S/c1-7-14-34(15-17-35)16-18-41-27-13-12-24(22-10-8-9-11-23(22)27)28(36)30(37)32-25-19-21(31(2,3)4)20-26(29(25)40-5)33-42(6,38)39/h8-13,19-20,33,35H,7,14-18H2,1-6H3,(H,32,37). The van der Waals surface area contributed by atoms with E-state index in [-0.39, 0.29) is 29.3 Å². The number of nitrogens with one attached hydrogen (secondary N) is 2. The minimum absolute atomic E-state index is 0.0731. The summed E-state index contributed by atoms with van der Waals surface area (Å²) in [5.74, 6) is -1.00. The molecule has 0 atom stereocenters. The van der Waals surface area contributed by atoms with Gasteiger partial charge in [0.05, 0.1) is 31.3 Å². The van der Waals surface area contributed by atoms with Gasteiger partial charge in [-0.15, -0.1) is 0 Å². The molecule has 0 saturated carbocycles. The van der Waals surface area contributed by atoms with E-state index >= 15 is 0 Å². The molecular weight excluding hydrogens is 558 g/mol. The predicted molar refractivity (Wildman–Crippen MR) is 166 cm³/mol. The number of rotatable bonds is 14. The van der Waals surface area contributed by atoms with Crippen LogP contribution in [-0.4, -0.2) is 76.3 Å². The van der Waals surface area contributed by atoms with Crippen LogP contribution in [0, 0.1) is 0 Å². The first-order valence-electron chi connectivity index (χ1n) is 13.8. The predicted octanol–water partition coefficient (Wildman–Crippen LogP) is 4.42. The van der Waals surface area contributed by atoms with Gasteiger partial charge in [0.15, 0.2) is 5.75 Å². The lowest BCUT2D eigenvalue weighted by molar-refractivity contribution is -0.112. The molecule has 0 radical (unpaired) electrons. The Bertz CT molecular complexity index is 1530. The van der Waals surface area contributed by atoms with Gasteiger partial charge in [0.25, 0.3) is 11.7 Å². The van der Waals surface area contributed by atoms with Crippen molar-refractivity contribution >= 4 is 43.9 Å². The van der Waals surface area contributed by atoms with E-state index in [0.717, 1.165) is 24.8 Å². The van der Waals surface area contributed by atoms with Crippen LogP contribution >= 0.6 is 0 Å². The highest BCUT2D eigenvalue weighted by molar-refractivity contribution is 7.92. The molecule has 0 aromatic heterocycles. The summed E-state index contributed by atoms with van der Waals surface area (Å²) in [6, 6.07) is 13.8. The van der Waals surface area contributed by atoms with Gasteiger partial charge in [0.1, 0.15) is 12.4 Å². The van der Waals surface area contributed by atoms with Gasteiger partial charge in [-0.25, -0.2) is 8.42 Å². The van der Waals surface area contributed by atoms with Crippen LogP contribution < -0.4 is 19.5 Å². The molecule has 11 heteroatoms. The Morgan fingerprint density at radius 2 is 1.64 bits per heavy atom. The molecule has 228 valence electrons. The zero-order valence-corrected chi connectivity index (χ0v) is 25.9. The smallest absolute Gasteiger partial charge is 0.296 e. The number of methoxy groups -OCH3 is 1. The number of ketones is 1. The molecule has 0 bridgehead atoms. The van der Waals surface area contributed by atoms with Crippen molar-refractivity contribution < 1.29 is 32.6 Å². The molecule has 42 heavy (non-hydrogen) atoms. The van der Waals surface area contributed by atoms with Crippen molar-refractivity contribution in [3.8, 4) is 11.5 Å². The van der Waals surface area contributed by atoms with E-state index < -0.39 is 27.1 Å². The van der Waals surface area contributed by atoms with Crippen molar-refractivity contribution in [3.63, 3.8) is 0 Å². The van der Waals surface area contributed by atoms with Gasteiger partial charge in [-0.3, -0.25) is 19.2 Å². The number of ether oxygens (including phenoxy) is 2. The van der Waals surface area contributed by atoms with E-state index in [9.17, 15) is 23.1 Å². The molecule has 0 aliphatic carbocycles. The number of Topliss-reactive ketones (excluding diaryl/α,β-unsaturated/α-hetero) is 1. The number of fused-ring (bicyclic) bond motifs is 1. The van der Waals surface area contributed by atoms with E-state index in [2.05, 4.69) is 21.9 Å². The molecule has 0 spiro atoms. The van der Waals surface area contributed by atoms with Crippen LogP contribution in [0.25, 0.3) is 10.8 Å². The zero-order chi connectivity index (χ0) is 31.1. The first-order chi connectivity index (χ1) is 19.8. The highest BCUT2D eigenvalue weighted by Gasteiger charge is 2.25. The van der Waals surface area contributed by atoms with Crippen LogP contribution in [0.15, 0.2) is 48.5 Å². The molecule has 3 aromatic carbocycles. The maximum absolute atomic E-state index is 13.5. The minimum Gasteiger partial charge on any atom is -0.492 e. The summed E-state index contributed by atoms with van der Waals surface area (Å²) >= 11 is 0. The summed E-state index contributed by atoms with van der Waals surface area (Å²) in [7, 11) is -2.30. The number of anilines is 2.